The highest BCUT2D eigenvalue weighted by Gasteiger charge is 2.25. The third kappa shape index (κ3) is 5.46. The molecule has 0 aliphatic carbocycles. The first kappa shape index (κ1) is 16.4. The number of rotatable bonds is 7. The average molecular weight is 292 g/mol. The Kier molecular flexibility index (Phi) is 6.22. The number of aliphatic carboxylic acids is 1. The van der Waals surface area contributed by atoms with E-state index in [-0.39, 0.29) is 11.5 Å². The van der Waals surface area contributed by atoms with Gasteiger partial charge in [0.2, 0.25) is 0 Å². The molecule has 6 nitrogen and oxygen atoms in total. The van der Waals surface area contributed by atoms with Gasteiger partial charge in [-0.2, -0.15) is 0 Å². The first-order valence-electron chi connectivity index (χ1n) is 6.75. The largest absolute Gasteiger partial charge is 0.480 e. The molecule has 0 amide bonds. The number of carbonyl (C=O) groups is 1. The molecule has 1 atom stereocenters. The van der Waals surface area contributed by atoms with Gasteiger partial charge in [0.15, 0.2) is 9.84 Å². The summed E-state index contributed by atoms with van der Waals surface area (Å²) in [5.41, 5.74) is 0. The van der Waals surface area contributed by atoms with E-state index in [4.69, 9.17) is 5.11 Å². The van der Waals surface area contributed by atoms with Gasteiger partial charge in [-0.15, -0.1) is 0 Å². The molecule has 112 valence electrons. The predicted molar refractivity (Wildman–Crippen MR) is 74.1 cm³/mol. The zero-order valence-electron chi connectivity index (χ0n) is 11.7. The molecule has 1 saturated heterocycles. The lowest BCUT2D eigenvalue weighted by Crippen LogP contribution is -2.52. The third-order valence-corrected chi connectivity index (χ3v) is 5.38. The van der Waals surface area contributed by atoms with Gasteiger partial charge in [-0.1, -0.05) is 6.92 Å². The van der Waals surface area contributed by atoms with Crippen LogP contribution in [-0.2, 0) is 14.6 Å². The smallest absolute Gasteiger partial charge is 0.320 e. The second-order valence-electron chi connectivity index (χ2n) is 5.04. The Morgan fingerprint density at radius 2 is 1.79 bits per heavy atom. The average Bonchev–Trinajstić information content (AvgIpc) is 2.36. The number of hydrogen-bond acceptors (Lipinski definition) is 5. The molecule has 0 aromatic rings. The van der Waals surface area contributed by atoms with Gasteiger partial charge in [-0.05, 0) is 13.3 Å². The zero-order chi connectivity index (χ0) is 14.5. The molecule has 1 fully saturated rings. The summed E-state index contributed by atoms with van der Waals surface area (Å²) in [6, 6.07) is -0.467. The van der Waals surface area contributed by atoms with E-state index < -0.39 is 21.8 Å². The van der Waals surface area contributed by atoms with Crippen LogP contribution in [0.4, 0.5) is 0 Å². The van der Waals surface area contributed by atoms with Crippen LogP contribution in [0.2, 0.25) is 0 Å². The molecule has 1 unspecified atom stereocenters. The van der Waals surface area contributed by atoms with Gasteiger partial charge in [0.1, 0.15) is 6.04 Å². The summed E-state index contributed by atoms with van der Waals surface area (Å²) in [5, 5.41) is 8.93. The minimum Gasteiger partial charge on any atom is -0.480 e. The topological polar surface area (TPSA) is 77.9 Å². The van der Waals surface area contributed by atoms with E-state index in [1.165, 1.54) is 0 Å². The summed E-state index contributed by atoms with van der Waals surface area (Å²) in [4.78, 5) is 14.9. The Balaban J connectivity index is 2.33. The van der Waals surface area contributed by atoms with Crippen molar-refractivity contribution in [3.05, 3.63) is 0 Å². The predicted octanol–water partition coefficient (Wildman–Crippen LogP) is -0.0981. The number of carboxylic acid groups (broad SMARTS) is 1. The lowest BCUT2D eigenvalue weighted by Gasteiger charge is -2.36. The molecule has 7 heteroatoms. The van der Waals surface area contributed by atoms with Gasteiger partial charge in [0, 0.05) is 38.5 Å². The minimum atomic E-state index is -2.92. The maximum atomic E-state index is 11.6. The fraction of sp³-hybridized carbons (Fsp3) is 0.917. The number of sulfone groups is 1. The molecule has 0 aromatic carbocycles. The second-order valence-corrected chi connectivity index (χ2v) is 7.35. The molecule has 1 heterocycles. The van der Waals surface area contributed by atoms with E-state index >= 15 is 0 Å². The summed E-state index contributed by atoms with van der Waals surface area (Å²) in [6.07, 6.45) is 0.659. The van der Waals surface area contributed by atoms with Crippen LogP contribution in [0.25, 0.3) is 0 Å². The van der Waals surface area contributed by atoms with E-state index in [9.17, 15) is 13.2 Å². The Morgan fingerprint density at radius 1 is 1.21 bits per heavy atom. The minimum absolute atomic E-state index is 0.204. The van der Waals surface area contributed by atoms with Crippen molar-refractivity contribution in [3.8, 4) is 0 Å². The third-order valence-electron chi connectivity index (χ3n) is 3.55. The molecule has 0 saturated carbocycles. The first-order valence-corrected chi connectivity index (χ1v) is 8.57. The standard InChI is InChI=1S/C12H24N2O4S/c1-3-9-19(17,18)10-8-13-4-6-14(7-5-13)11(2)12(15)16/h11H,3-10H2,1-2H3,(H,15,16). The Labute approximate surface area is 115 Å². The van der Waals surface area contributed by atoms with E-state index in [0.29, 0.717) is 26.1 Å². The van der Waals surface area contributed by atoms with E-state index in [1.54, 1.807) is 6.92 Å². The van der Waals surface area contributed by atoms with Crippen LogP contribution in [-0.4, -0.2) is 79.6 Å². The lowest BCUT2D eigenvalue weighted by atomic mass is 10.2. The molecule has 19 heavy (non-hydrogen) atoms. The van der Waals surface area contributed by atoms with Gasteiger partial charge in [-0.3, -0.25) is 14.6 Å². The van der Waals surface area contributed by atoms with Crippen molar-refractivity contribution in [1.29, 1.82) is 0 Å². The highest BCUT2D eigenvalue weighted by Crippen LogP contribution is 2.07. The molecular formula is C12H24N2O4S. The molecule has 1 aliphatic heterocycles. The summed E-state index contributed by atoms with van der Waals surface area (Å²) in [5.74, 6) is -0.350. The van der Waals surface area contributed by atoms with Crippen LogP contribution in [0.3, 0.4) is 0 Å². The Morgan fingerprint density at radius 3 is 2.26 bits per heavy atom. The van der Waals surface area contributed by atoms with Crippen LogP contribution in [0, 0.1) is 0 Å². The van der Waals surface area contributed by atoms with Crippen LogP contribution >= 0.6 is 0 Å². The molecule has 0 aromatic heterocycles. The number of carboxylic acids is 1. The maximum absolute atomic E-state index is 11.6. The van der Waals surface area contributed by atoms with Crippen LogP contribution in [0.5, 0.6) is 0 Å². The van der Waals surface area contributed by atoms with Crippen LogP contribution in [0.15, 0.2) is 0 Å². The number of piperazine rings is 1. The quantitative estimate of drug-likeness (QED) is 0.706. The van der Waals surface area contributed by atoms with Crippen molar-refractivity contribution in [2.75, 3.05) is 44.2 Å². The highest BCUT2D eigenvalue weighted by atomic mass is 32.2. The molecule has 0 radical (unpaired) electrons. The van der Waals surface area contributed by atoms with E-state index in [2.05, 4.69) is 4.90 Å². The fourth-order valence-electron chi connectivity index (χ4n) is 2.21. The zero-order valence-corrected chi connectivity index (χ0v) is 12.5. The van der Waals surface area contributed by atoms with Gasteiger partial charge < -0.3 is 5.11 Å². The van der Waals surface area contributed by atoms with E-state index in [1.807, 2.05) is 11.8 Å². The van der Waals surface area contributed by atoms with Crippen molar-refractivity contribution in [1.82, 2.24) is 9.80 Å². The summed E-state index contributed by atoms with van der Waals surface area (Å²) in [7, 11) is -2.92. The molecule has 1 rings (SSSR count). The molecule has 1 aliphatic rings. The van der Waals surface area contributed by atoms with E-state index in [0.717, 1.165) is 13.1 Å². The Bertz CT molecular complexity index is 389. The summed E-state index contributed by atoms with van der Waals surface area (Å²) in [6.45, 7) is 6.94. The van der Waals surface area contributed by atoms with Crippen molar-refractivity contribution < 1.29 is 18.3 Å². The Hall–Kier alpha value is -0.660. The van der Waals surface area contributed by atoms with Crippen molar-refractivity contribution >= 4 is 15.8 Å². The van der Waals surface area contributed by atoms with Crippen LogP contribution < -0.4 is 0 Å². The maximum Gasteiger partial charge on any atom is 0.320 e. The van der Waals surface area contributed by atoms with Crippen molar-refractivity contribution in [2.24, 2.45) is 0 Å². The highest BCUT2D eigenvalue weighted by molar-refractivity contribution is 7.91. The van der Waals surface area contributed by atoms with Gasteiger partial charge in [-0.25, -0.2) is 8.42 Å². The van der Waals surface area contributed by atoms with Crippen molar-refractivity contribution in [3.63, 3.8) is 0 Å². The van der Waals surface area contributed by atoms with Crippen molar-refractivity contribution in [2.45, 2.75) is 26.3 Å². The van der Waals surface area contributed by atoms with Gasteiger partial charge >= 0.3 is 5.97 Å². The van der Waals surface area contributed by atoms with Gasteiger partial charge in [0.25, 0.3) is 0 Å². The normalized spacial score (nSPS) is 20.3. The second kappa shape index (κ2) is 7.21. The number of nitrogens with zero attached hydrogens (tertiary/aromatic N) is 2. The fourth-order valence-corrected chi connectivity index (χ4v) is 3.57. The molecule has 1 N–H and O–H groups in total. The lowest BCUT2D eigenvalue weighted by molar-refractivity contribution is -0.143. The summed E-state index contributed by atoms with van der Waals surface area (Å²) < 4.78 is 23.2. The molecule has 0 spiro atoms. The first-order chi connectivity index (χ1) is 8.85. The number of hydrogen-bond donors (Lipinski definition) is 1. The summed E-state index contributed by atoms with van der Waals surface area (Å²) >= 11 is 0. The molecular weight excluding hydrogens is 268 g/mol. The molecule has 0 bridgehead atoms. The van der Waals surface area contributed by atoms with Crippen LogP contribution in [0.1, 0.15) is 20.3 Å². The van der Waals surface area contributed by atoms with Gasteiger partial charge in [0.05, 0.1) is 5.75 Å². The SMILES string of the molecule is CCCS(=O)(=O)CCN1CCN(C(C)C(=O)O)CC1. The monoisotopic (exact) mass is 292 g/mol.